The van der Waals surface area contributed by atoms with Crippen molar-refractivity contribution in [1.29, 1.82) is 0 Å². The summed E-state index contributed by atoms with van der Waals surface area (Å²) in [6.45, 7) is 0. The average Bonchev–Trinajstić information content (AvgIpc) is 2.08. The van der Waals surface area contributed by atoms with Crippen molar-refractivity contribution in [3.8, 4) is 0 Å². The fourth-order valence-corrected chi connectivity index (χ4v) is 1.04. The number of nitro benzene ring substituents is 1. The lowest BCUT2D eigenvalue weighted by Gasteiger charge is -1.99. The van der Waals surface area contributed by atoms with E-state index in [4.69, 9.17) is 16.7 Å². The van der Waals surface area contributed by atoms with Crippen LogP contribution >= 0.6 is 11.6 Å². The third kappa shape index (κ3) is 1.64. The van der Waals surface area contributed by atoms with Gasteiger partial charge in [-0.1, -0.05) is 11.6 Å². The predicted octanol–water partition coefficient (Wildman–Crippen LogP) is 2.09. The Morgan fingerprint density at radius 1 is 1.57 bits per heavy atom. The number of nitro groups is 1. The van der Waals surface area contributed by atoms with Crippen molar-refractivity contribution < 1.29 is 19.2 Å². The molecular weight excluding hydrogens is 217 g/mol. The first-order valence-corrected chi connectivity index (χ1v) is 3.68. The standard InChI is InChI=1S/C7H3ClFNO4/c8-4-2-1-3(7(11)12)6(5(4)9)10(13)14/h1-2H,(H,11,12). The summed E-state index contributed by atoms with van der Waals surface area (Å²) in [5.41, 5.74) is -1.85. The molecule has 1 rings (SSSR count). The summed E-state index contributed by atoms with van der Waals surface area (Å²) in [5.74, 6) is -2.91. The number of nitrogens with zero attached hydrogens (tertiary/aromatic N) is 1. The van der Waals surface area contributed by atoms with Gasteiger partial charge >= 0.3 is 11.7 Å². The first-order valence-electron chi connectivity index (χ1n) is 3.31. The van der Waals surface area contributed by atoms with Crippen LogP contribution in [0.1, 0.15) is 10.4 Å². The number of rotatable bonds is 2. The van der Waals surface area contributed by atoms with Crippen LogP contribution in [-0.4, -0.2) is 16.0 Å². The normalized spacial score (nSPS) is 9.86. The molecule has 0 aromatic heterocycles. The molecule has 1 N–H and O–H groups in total. The molecule has 0 unspecified atom stereocenters. The van der Waals surface area contributed by atoms with Crippen LogP contribution in [0.2, 0.25) is 5.02 Å². The molecule has 0 fully saturated rings. The fourth-order valence-electron chi connectivity index (χ4n) is 0.891. The summed E-state index contributed by atoms with van der Waals surface area (Å²) >= 11 is 5.26. The minimum atomic E-state index is -1.58. The van der Waals surface area contributed by atoms with Gasteiger partial charge in [0.1, 0.15) is 5.56 Å². The molecule has 0 aliphatic carbocycles. The number of hydrogen-bond acceptors (Lipinski definition) is 3. The van der Waals surface area contributed by atoms with E-state index in [-0.39, 0.29) is 0 Å². The Kier molecular flexibility index (Phi) is 2.66. The molecule has 0 saturated carbocycles. The molecule has 0 saturated heterocycles. The van der Waals surface area contributed by atoms with E-state index in [1.165, 1.54) is 0 Å². The molecule has 0 amide bonds. The number of carbonyl (C=O) groups is 1. The Morgan fingerprint density at radius 3 is 2.57 bits per heavy atom. The van der Waals surface area contributed by atoms with Crippen molar-refractivity contribution in [1.82, 2.24) is 0 Å². The molecule has 7 heteroatoms. The van der Waals surface area contributed by atoms with Crippen LogP contribution in [0.15, 0.2) is 12.1 Å². The van der Waals surface area contributed by atoms with E-state index in [1.807, 2.05) is 0 Å². The SMILES string of the molecule is O=C(O)c1ccc(Cl)c(F)c1[N+](=O)[O-]. The third-order valence-corrected chi connectivity index (χ3v) is 1.77. The monoisotopic (exact) mass is 219 g/mol. The highest BCUT2D eigenvalue weighted by Crippen LogP contribution is 2.28. The van der Waals surface area contributed by atoms with Gasteiger partial charge in [0.15, 0.2) is 0 Å². The Labute approximate surface area is 81.9 Å². The highest BCUT2D eigenvalue weighted by molar-refractivity contribution is 6.31. The molecule has 0 aliphatic rings. The van der Waals surface area contributed by atoms with Gasteiger partial charge in [-0.25, -0.2) is 4.79 Å². The molecule has 5 nitrogen and oxygen atoms in total. The number of carboxylic acid groups (broad SMARTS) is 1. The predicted molar refractivity (Wildman–Crippen MR) is 45.0 cm³/mol. The smallest absolute Gasteiger partial charge is 0.342 e. The zero-order valence-electron chi connectivity index (χ0n) is 6.53. The number of aromatic carboxylic acids is 1. The van der Waals surface area contributed by atoms with Crippen LogP contribution in [0, 0.1) is 15.9 Å². The minimum absolute atomic E-state index is 0.485. The lowest BCUT2D eigenvalue weighted by Crippen LogP contribution is -2.05. The molecular formula is C7H3ClFNO4. The van der Waals surface area contributed by atoms with E-state index >= 15 is 0 Å². The highest BCUT2D eigenvalue weighted by Gasteiger charge is 2.26. The van der Waals surface area contributed by atoms with E-state index in [2.05, 4.69) is 0 Å². The summed E-state index contributed by atoms with van der Waals surface area (Å²) in [7, 11) is 0. The second-order valence-corrected chi connectivity index (χ2v) is 2.73. The van der Waals surface area contributed by atoms with Crippen molar-refractivity contribution in [2.75, 3.05) is 0 Å². The maximum Gasteiger partial charge on any atom is 0.342 e. The maximum absolute atomic E-state index is 13.0. The van der Waals surface area contributed by atoms with Gasteiger partial charge in [-0.15, -0.1) is 0 Å². The van der Waals surface area contributed by atoms with Crippen molar-refractivity contribution in [2.45, 2.75) is 0 Å². The molecule has 0 aliphatic heterocycles. The van der Waals surface area contributed by atoms with E-state index in [0.29, 0.717) is 0 Å². The van der Waals surface area contributed by atoms with Crippen LogP contribution in [0.5, 0.6) is 0 Å². The average molecular weight is 220 g/mol. The van der Waals surface area contributed by atoms with E-state index < -0.39 is 33.0 Å². The van der Waals surface area contributed by atoms with Gasteiger partial charge in [0, 0.05) is 0 Å². The van der Waals surface area contributed by atoms with Crippen molar-refractivity contribution >= 4 is 23.3 Å². The second kappa shape index (κ2) is 3.59. The summed E-state index contributed by atoms with van der Waals surface area (Å²) < 4.78 is 13.0. The fraction of sp³-hybridized carbons (Fsp3) is 0. The molecule has 1 aromatic rings. The molecule has 0 spiro atoms. The first-order chi connectivity index (χ1) is 6.45. The van der Waals surface area contributed by atoms with Crippen molar-refractivity contribution in [3.63, 3.8) is 0 Å². The van der Waals surface area contributed by atoms with Gasteiger partial charge in [0.25, 0.3) is 0 Å². The van der Waals surface area contributed by atoms with Crippen LogP contribution in [0.3, 0.4) is 0 Å². The summed E-state index contributed by atoms with van der Waals surface area (Å²) in [5, 5.41) is 18.4. The summed E-state index contributed by atoms with van der Waals surface area (Å²) in [4.78, 5) is 19.7. The van der Waals surface area contributed by atoms with Crippen molar-refractivity contribution in [2.24, 2.45) is 0 Å². The van der Waals surface area contributed by atoms with Gasteiger partial charge in [0.05, 0.1) is 9.95 Å². The molecule has 0 bridgehead atoms. The van der Waals surface area contributed by atoms with E-state index in [1.54, 1.807) is 0 Å². The van der Waals surface area contributed by atoms with Gasteiger partial charge in [0.2, 0.25) is 5.82 Å². The molecule has 0 heterocycles. The zero-order valence-corrected chi connectivity index (χ0v) is 7.29. The summed E-state index contributed by atoms with van der Waals surface area (Å²) in [6, 6.07) is 1.83. The topological polar surface area (TPSA) is 80.4 Å². The third-order valence-electron chi connectivity index (χ3n) is 1.48. The Balaban J connectivity index is 3.53. The summed E-state index contributed by atoms with van der Waals surface area (Å²) in [6.07, 6.45) is 0. The first kappa shape index (κ1) is 10.4. The van der Waals surface area contributed by atoms with Gasteiger partial charge in [-0.3, -0.25) is 10.1 Å². The lowest BCUT2D eigenvalue weighted by atomic mass is 10.2. The van der Waals surface area contributed by atoms with Crippen LogP contribution in [0.4, 0.5) is 10.1 Å². The molecule has 14 heavy (non-hydrogen) atoms. The van der Waals surface area contributed by atoms with Crippen LogP contribution in [-0.2, 0) is 0 Å². The zero-order chi connectivity index (χ0) is 10.9. The van der Waals surface area contributed by atoms with Crippen molar-refractivity contribution in [3.05, 3.63) is 38.7 Å². The Morgan fingerprint density at radius 2 is 2.14 bits per heavy atom. The van der Waals surface area contributed by atoms with Gasteiger partial charge in [-0.2, -0.15) is 4.39 Å². The van der Waals surface area contributed by atoms with E-state index in [9.17, 15) is 19.3 Å². The number of carboxylic acids is 1. The number of hydrogen-bond donors (Lipinski definition) is 1. The number of halogens is 2. The van der Waals surface area contributed by atoms with Crippen LogP contribution in [0.25, 0.3) is 0 Å². The Hall–Kier alpha value is -1.69. The van der Waals surface area contributed by atoms with Gasteiger partial charge < -0.3 is 5.11 Å². The van der Waals surface area contributed by atoms with E-state index in [0.717, 1.165) is 12.1 Å². The van der Waals surface area contributed by atoms with Gasteiger partial charge in [-0.05, 0) is 12.1 Å². The minimum Gasteiger partial charge on any atom is -0.477 e. The van der Waals surface area contributed by atoms with Crippen LogP contribution < -0.4 is 0 Å². The second-order valence-electron chi connectivity index (χ2n) is 2.32. The molecule has 0 atom stereocenters. The molecule has 1 aromatic carbocycles. The molecule has 0 radical (unpaired) electrons. The highest BCUT2D eigenvalue weighted by atomic mass is 35.5. The maximum atomic E-state index is 13.0. The quantitative estimate of drug-likeness (QED) is 0.610. The largest absolute Gasteiger partial charge is 0.477 e. The Bertz CT molecular complexity index is 420. The number of benzene rings is 1. The molecule has 74 valence electrons. The lowest BCUT2D eigenvalue weighted by molar-refractivity contribution is -0.387.